The summed E-state index contributed by atoms with van der Waals surface area (Å²) in [5, 5.41) is 6.80. The molecule has 0 bridgehead atoms. The van der Waals surface area contributed by atoms with Crippen molar-refractivity contribution in [1.82, 2.24) is 5.32 Å². The lowest BCUT2D eigenvalue weighted by Gasteiger charge is -2.21. The van der Waals surface area contributed by atoms with Gasteiger partial charge in [-0.05, 0) is 35.6 Å². The number of halogens is 3. The van der Waals surface area contributed by atoms with Crippen LogP contribution in [0.2, 0.25) is 0 Å². The van der Waals surface area contributed by atoms with Crippen LogP contribution in [-0.2, 0) is 11.0 Å². The molecule has 1 aromatic carbocycles. The molecule has 2 amide bonds. The number of amides is 2. The molecule has 0 saturated carbocycles. The Labute approximate surface area is 147 Å². The molecule has 0 spiro atoms. The second-order valence-corrected chi connectivity index (χ2v) is 6.69. The fourth-order valence-electron chi connectivity index (χ4n) is 2.15. The standard InChI is InChI=1S/C17H17F3N2O2S/c1-10(2)14(22-15(23)13-7-4-8-25-13)16(24)21-12-6-3-5-11(9-12)17(18,19)20/h3-10,14H,1-2H3,(H,21,24)(H,22,23)/t14-/m0/s1. The number of thiophene rings is 1. The van der Waals surface area contributed by atoms with Gasteiger partial charge >= 0.3 is 6.18 Å². The minimum atomic E-state index is -4.49. The third-order valence-electron chi connectivity index (χ3n) is 3.44. The van der Waals surface area contributed by atoms with E-state index in [2.05, 4.69) is 10.6 Å². The smallest absolute Gasteiger partial charge is 0.339 e. The van der Waals surface area contributed by atoms with Crippen molar-refractivity contribution < 1.29 is 22.8 Å². The van der Waals surface area contributed by atoms with Crippen LogP contribution in [0.3, 0.4) is 0 Å². The maximum Gasteiger partial charge on any atom is 0.416 e. The summed E-state index contributed by atoms with van der Waals surface area (Å²) in [7, 11) is 0. The molecule has 0 unspecified atom stereocenters. The Kier molecular flexibility index (Phi) is 5.84. The van der Waals surface area contributed by atoms with E-state index in [9.17, 15) is 22.8 Å². The van der Waals surface area contributed by atoms with Crippen molar-refractivity contribution in [3.63, 3.8) is 0 Å². The van der Waals surface area contributed by atoms with Gasteiger partial charge < -0.3 is 10.6 Å². The summed E-state index contributed by atoms with van der Waals surface area (Å²) in [6, 6.07) is 6.84. The zero-order valence-electron chi connectivity index (χ0n) is 13.6. The molecule has 1 atom stereocenters. The van der Waals surface area contributed by atoms with Crippen LogP contribution in [0.5, 0.6) is 0 Å². The molecule has 134 valence electrons. The Morgan fingerprint density at radius 2 is 1.84 bits per heavy atom. The van der Waals surface area contributed by atoms with E-state index in [1.165, 1.54) is 23.5 Å². The van der Waals surface area contributed by atoms with Crippen molar-refractivity contribution >= 4 is 28.8 Å². The van der Waals surface area contributed by atoms with Crippen LogP contribution in [0.25, 0.3) is 0 Å². The lowest BCUT2D eigenvalue weighted by Crippen LogP contribution is -2.46. The van der Waals surface area contributed by atoms with Gasteiger partial charge in [0, 0.05) is 5.69 Å². The van der Waals surface area contributed by atoms with E-state index < -0.39 is 29.6 Å². The fraction of sp³-hybridized carbons (Fsp3) is 0.294. The number of benzene rings is 1. The van der Waals surface area contributed by atoms with Crippen LogP contribution in [0.1, 0.15) is 29.1 Å². The molecule has 0 aliphatic rings. The number of hydrogen-bond acceptors (Lipinski definition) is 3. The molecule has 1 aromatic heterocycles. The van der Waals surface area contributed by atoms with E-state index in [-0.39, 0.29) is 11.6 Å². The molecule has 0 radical (unpaired) electrons. The molecule has 1 heterocycles. The summed E-state index contributed by atoms with van der Waals surface area (Å²) in [6.45, 7) is 3.48. The summed E-state index contributed by atoms with van der Waals surface area (Å²) in [6.07, 6.45) is -4.49. The van der Waals surface area contributed by atoms with Crippen LogP contribution in [-0.4, -0.2) is 17.9 Å². The third-order valence-corrected chi connectivity index (χ3v) is 4.31. The largest absolute Gasteiger partial charge is 0.416 e. The van der Waals surface area contributed by atoms with Gasteiger partial charge in [-0.2, -0.15) is 13.2 Å². The van der Waals surface area contributed by atoms with Crippen molar-refractivity contribution in [2.75, 3.05) is 5.32 Å². The highest BCUT2D eigenvalue weighted by atomic mass is 32.1. The summed E-state index contributed by atoms with van der Waals surface area (Å²) in [5.41, 5.74) is -0.829. The first-order chi connectivity index (χ1) is 11.7. The van der Waals surface area contributed by atoms with Crippen LogP contribution >= 0.6 is 11.3 Å². The third kappa shape index (κ3) is 5.06. The Morgan fingerprint density at radius 3 is 2.40 bits per heavy atom. The van der Waals surface area contributed by atoms with Crippen LogP contribution in [0.15, 0.2) is 41.8 Å². The van der Waals surface area contributed by atoms with Gasteiger partial charge in [0.25, 0.3) is 5.91 Å². The van der Waals surface area contributed by atoms with Gasteiger partial charge in [0.15, 0.2) is 0 Å². The fourth-order valence-corrected chi connectivity index (χ4v) is 2.78. The first kappa shape index (κ1) is 19.0. The predicted octanol–water partition coefficient (Wildman–Crippen LogP) is 4.16. The quantitative estimate of drug-likeness (QED) is 0.830. The Bertz CT molecular complexity index is 743. The molecule has 0 fully saturated rings. The number of carbonyl (C=O) groups excluding carboxylic acids is 2. The van der Waals surface area contributed by atoms with Gasteiger partial charge in [-0.25, -0.2) is 0 Å². The highest BCUT2D eigenvalue weighted by Crippen LogP contribution is 2.30. The topological polar surface area (TPSA) is 58.2 Å². The second-order valence-electron chi connectivity index (χ2n) is 5.74. The van der Waals surface area contributed by atoms with Crippen LogP contribution < -0.4 is 10.6 Å². The van der Waals surface area contributed by atoms with Gasteiger partial charge in [-0.15, -0.1) is 11.3 Å². The van der Waals surface area contributed by atoms with E-state index in [0.29, 0.717) is 4.88 Å². The predicted molar refractivity (Wildman–Crippen MR) is 90.5 cm³/mol. The molecule has 0 saturated heterocycles. The highest BCUT2D eigenvalue weighted by Gasteiger charge is 2.31. The molecule has 0 aliphatic heterocycles. The molecule has 25 heavy (non-hydrogen) atoms. The highest BCUT2D eigenvalue weighted by molar-refractivity contribution is 7.12. The minimum absolute atomic E-state index is 0.0239. The zero-order valence-corrected chi connectivity index (χ0v) is 14.4. The molecule has 2 rings (SSSR count). The van der Waals surface area contributed by atoms with Crippen molar-refractivity contribution in [2.45, 2.75) is 26.1 Å². The molecule has 8 heteroatoms. The lowest BCUT2D eigenvalue weighted by atomic mass is 10.0. The summed E-state index contributed by atoms with van der Waals surface area (Å²) >= 11 is 1.24. The van der Waals surface area contributed by atoms with Crippen molar-refractivity contribution in [3.05, 3.63) is 52.2 Å². The second kappa shape index (κ2) is 7.69. The number of nitrogens with one attached hydrogen (secondary N) is 2. The van der Waals surface area contributed by atoms with Gasteiger partial charge in [-0.1, -0.05) is 26.0 Å². The van der Waals surface area contributed by atoms with Crippen LogP contribution in [0.4, 0.5) is 18.9 Å². The van der Waals surface area contributed by atoms with Gasteiger partial charge in [-0.3, -0.25) is 9.59 Å². The summed E-state index contributed by atoms with van der Waals surface area (Å²) < 4.78 is 38.3. The molecule has 0 aliphatic carbocycles. The number of alkyl halides is 3. The maximum absolute atomic E-state index is 12.8. The SMILES string of the molecule is CC(C)[C@H](NC(=O)c1cccs1)C(=O)Nc1cccc(C(F)(F)F)c1. The molecule has 4 nitrogen and oxygen atoms in total. The lowest BCUT2D eigenvalue weighted by molar-refractivity contribution is -0.137. The summed E-state index contributed by atoms with van der Waals surface area (Å²) in [5.74, 6) is -1.21. The normalized spacial score (nSPS) is 12.7. The van der Waals surface area contributed by atoms with Crippen molar-refractivity contribution in [1.29, 1.82) is 0 Å². The van der Waals surface area contributed by atoms with Crippen LogP contribution in [0, 0.1) is 5.92 Å². The molecular formula is C17H17F3N2O2S. The van der Waals surface area contributed by atoms with Gasteiger partial charge in [0.05, 0.1) is 10.4 Å². The minimum Gasteiger partial charge on any atom is -0.339 e. The Hall–Kier alpha value is -2.35. The van der Waals surface area contributed by atoms with Gasteiger partial charge in [0.2, 0.25) is 5.91 Å². The average molecular weight is 370 g/mol. The van der Waals surface area contributed by atoms with E-state index in [1.54, 1.807) is 31.4 Å². The van der Waals surface area contributed by atoms with Crippen molar-refractivity contribution in [3.8, 4) is 0 Å². The number of carbonyl (C=O) groups is 2. The summed E-state index contributed by atoms with van der Waals surface area (Å²) in [4.78, 5) is 25.0. The number of anilines is 1. The Balaban J connectivity index is 2.12. The van der Waals surface area contributed by atoms with E-state index >= 15 is 0 Å². The van der Waals surface area contributed by atoms with Gasteiger partial charge in [0.1, 0.15) is 6.04 Å². The van der Waals surface area contributed by atoms with E-state index in [4.69, 9.17) is 0 Å². The first-order valence-corrected chi connectivity index (χ1v) is 8.39. The molecular weight excluding hydrogens is 353 g/mol. The van der Waals surface area contributed by atoms with E-state index in [0.717, 1.165) is 12.1 Å². The average Bonchev–Trinajstić information content (AvgIpc) is 3.06. The van der Waals surface area contributed by atoms with E-state index in [1.807, 2.05) is 0 Å². The van der Waals surface area contributed by atoms with Crippen molar-refractivity contribution in [2.24, 2.45) is 5.92 Å². The first-order valence-electron chi connectivity index (χ1n) is 7.51. The number of rotatable bonds is 5. The number of hydrogen-bond donors (Lipinski definition) is 2. The zero-order chi connectivity index (χ0) is 18.6. The molecule has 2 N–H and O–H groups in total. The Morgan fingerprint density at radius 1 is 1.12 bits per heavy atom. The monoisotopic (exact) mass is 370 g/mol. The molecule has 2 aromatic rings. The maximum atomic E-state index is 12.8.